The summed E-state index contributed by atoms with van der Waals surface area (Å²) in [6, 6.07) is 1.80. The number of nitrogens with zero attached hydrogens (tertiary/aromatic N) is 3. The van der Waals surface area contributed by atoms with Crippen LogP contribution in [0.25, 0.3) is 0 Å². The zero-order valence-electron chi connectivity index (χ0n) is 11.3. The fraction of sp³-hybridized carbons (Fsp3) is 0.615. The summed E-state index contributed by atoms with van der Waals surface area (Å²) in [4.78, 5) is 21.5. The van der Waals surface area contributed by atoms with Crippen LogP contribution >= 0.6 is 0 Å². The van der Waals surface area contributed by atoms with Crippen LogP contribution in [0, 0.1) is 5.41 Å². The van der Waals surface area contributed by atoms with E-state index in [-0.39, 0.29) is 0 Å². The van der Waals surface area contributed by atoms with Gasteiger partial charge in [0.2, 0.25) is 5.88 Å². The zero-order valence-corrected chi connectivity index (χ0v) is 11.3. The Morgan fingerprint density at radius 2 is 2.16 bits per heavy atom. The minimum atomic E-state index is -0.718. The van der Waals surface area contributed by atoms with Crippen LogP contribution in [0.15, 0.2) is 12.4 Å². The lowest BCUT2D eigenvalue weighted by atomic mass is 9.80. The maximum Gasteiger partial charge on any atom is 0.309 e. The molecular weight excluding hydrogens is 246 g/mol. The number of rotatable bonds is 4. The highest BCUT2D eigenvalue weighted by atomic mass is 16.5. The number of ether oxygens (including phenoxy) is 1. The number of anilines is 1. The van der Waals surface area contributed by atoms with Crippen molar-refractivity contribution in [1.29, 1.82) is 0 Å². The topological polar surface area (TPSA) is 75.5 Å². The first-order valence-corrected chi connectivity index (χ1v) is 6.48. The summed E-state index contributed by atoms with van der Waals surface area (Å²) in [7, 11) is 0. The number of aromatic nitrogens is 2. The molecule has 2 rings (SSSR count). The summed E-state index contributed by atoms with van der Waals surface area (Å²) in [5.41, 5.74) is -0.619. The van der Waals surface area contributed by atoms with Gasteiger partial charge in [-0.15, -0.1) is 0 Å². The second-order valence-electron chi connectivity index (χ2n) is 5.00. The first-order valence-electron chi connectivity index (χ1n) is 6.48. The molecule has 6 nitrogen and oxygen atoms in total. The van der Waals surface area contributed by atoms with Crippen molar-refractivity contribution >= 4 is 11.8 Å². The molecule has 2 heterocycles. The van der Waals surface area contributed by atoms with Crippen molar-refractivity contribution in [3.63, 3.8) is 0 Å². The van der Waals surface area contributed by atoms with Crippen molar-refractivity contribution in [3.8, 4) is 5.88 Å². The molecule has 1 saturated heterocycles. The zero-order chi connectivity index (χ0) is 13.9. The number of carboxylic acid groups (broad SMARTS) is 1. The molecule has 104 valence electrons. The van der Waals surface area contributed by atoms with Crippen molar-refractivity contribution < 1.29 is 14.6 Å². The highest BCUT2D eigenvalue weighted by Gasteiger charge is 2.37. The third-order valence-corrected chi connectivity index (χ3v) is 3.63. The summed E-state index contributed by atoms with van der Waals surface area (Å²) >= 11 is 0. The molecule has 0 bridgehead atoms. The Morgan fingerprint density at radius 3 is 2.74 bits per heavy atom. The van der Waals surface area contributed by atoms with E-state index in [1.807, 2.05) is 6.92 Å². The molecule has 0 radical (unpaired) electrons. The lowest BCUT2D eigenvalue weighted by molar-refractivity contribution is -0.149. The van der Waals surface area contributed by atoms with Crippen molar-refractivity contribution in [2.75, 3.05) is 24.6 Å². The van der Waals surface area contributed by atoms with Crippen LogP contribution < -0.4 is 9.64 Å². The van der Waals surface area contributed by atoms with Gasteiger partial charge in [-0.05, 0) is 26.7 Å². The molecule has 6 heteroatoms. The van der Waals surface area contributed by atoms with Gasteiger partial charge in [-0.1, -0.05) is 0 Å². The summed E-state index contributed by atoms with van der Waals surface area (Å²) in [5, 5.41) is 9.20. The van der Waals surface area contributed by atoms with Crippen molar-refractivity contribution in [1.82, 2.24) is 9.97 Å². The van der Waals surface area contributed by atoms with Crippen molar-refractivity contribution in [2.45, 2.75) is 26.7 Å². The van der Waals surface area contributed by atoms with Gasteiger partial charge in [-0.2, -0.15) is 0 Å². The number of hydrogen-bond acceptors (Lipinski definition) is 5. The van der Waals surface area contributed by atoms with E-state index >= 15 is 0 Å². The molecule has 1 N–H and O–H groups in total. The minimum Gasteiger partial charge on any atom is -0.481 e. The van der Waals surface area contributed by atoms with Crippen LogP contribution in [-0.4, -0.2) is 40.7 Å². The van der Waals surface area contributed by atoms with Crippen LogP contribution in [-0.2, 0) is 4.79 Å². The largest absolute Gasteiger partial charge is 0.481 e. The SMILES string of the molecule is CCOc1cc(N2CCC(C)(C(=O)O)CC2)ncn1. The second kappa shape index (κ2) is 5.42. The Balaban J connectivity index is 2.05. The van der Waals surface area contributed by atoms with Gasteiger partial charge in [-0.25, -0.2) is 9.97 Å². The molecule has 0 atom stereocenters. The fourth-order valence-corrected chi connectivity index (χ4v) is 2.17. The van der Waals surface area contributed by atoms with Crippen LogP contribution in [0.4, 0.5) is 5.82 Å². The Bertz CT molecular complexity index is 456. The number of aliphatic carboxylic acids is 1. The van der Waals surface area contributed by atoms with E-state index in [1.165, 1.54) is 6.33 Å². The molecule has 0 aromatic carbocycles. The van der Waals surface area contributed by atoms with Gasteiger partial charge in [0, 0.05) is 19.2 Å². The predicted molar refractivity (Wildman–Crippen MR) is 70.4 cm³/mol. The molecule has 0 saturated carbocycles. The number of carbonyl (C=O) groups is 1. The Kier molecular flexibility index (Phi) is 3.87. The van der Waals surface area contributed by atoms with Crippen LogP contribution in [0.3, 0.4) is 0 Å². The first-order chi connectivity index (χ1) is 9.05. The van der Waals surface area contributed by atoms with Gasteiger partial charge in [-0.3, -0.25) is 4.79 Å². The smallest absolute Gasteiger partial charge is 0.309 e. The molecule has 1 aliphatic heterocycles. The molecule has 1 fully saturated rings. The van der Waals surface area contributed by atoms with E-state index in [9.17, 15) is 9.90 Å². The molecule has 1 aromatic heterocycles. The Morgan fingerprint density at radius 1 is 1.47 bits per heavy atom. The predicted octanol–water partition coefficient (Wildman–Crippen LogP) is 1.57. The van der Waals surface area contributed by atoms with Crippen LogP contribution in [0.1, 0.15) is 26.7 Å². The third kappa shape index (κ3) is 2.94. The lowest BCUT2D eigenvalue weighted by Gasteiger charge is -2.37. The molecule has 1 aromatic rings. The maximum atomic E-state index is 11.2. The number of carboxylic acids is 1. The molecule has 0 aliphatic carbocycles. The summed E-state index contributed by atoms with van der Waals surface area (Å²) in [6.07, 6.45) is 2.72. The Labute approximate surface area is 112 Å². The van der Waals surface area contributed by atoms with E-state index in [2.05, 4.69) is 14.9 Å². The van der Waals surface area contributed by atoms with Crippen molar-refractivity contribution in [3.05, 3.63) is 12.4 Å². The van der Waals surface area contributed by atoms with E-state index in [0.29, 0.717) is 38.4 Å². The highest BCUT2D eigenvalue weighted by molar-refractivity contribution is 5.74. The van der Waals surface area contributed by atoms with Gasteiger partial charge >= 0.3 is 5.97 Å². The fourth-order valence-electron chi connectivity index (χ4n) is 2.17. The maximum absolute atomic E-state index is 11.2. The van der Waals surface area contributed by atoms with E-state index < -0.39 is 11.4 Å². The van der Waals surface area contributed by atoms with Gasteiger partial charge in [0.1, 0.15) is 12.1 Å². The number of hydrogen-bond donors (Lipinski definition) is 1. The van der Waals surface area contributed by atoms with Crippen molar-refractivity contribution in [2.24, 2.45) is 5.41 Å². The molecule has 19 heavy (non-hydrogen) atoms. The standard InChI is InChI=1S/C13H19N3O3/c1-3-19-11-8-10(14-9-15-11)16-6-4-13(2,5-7-16)12(17)18/h8-9H,3-7H2,1-2H3,(H,17,18). The number of piperidine rings is 1. The third-order valence-electron chi connectivity index (χ3n) is 3.63. The van der Waals surface area contributed by atoms with E-state index in [4.69, 9.17) is 4.74 Å². The molecular formula is C13H19N3O3. The van der Waals surface area contributed by atoms with E-state index in [1.54, 1.807) is 13.0 Å². The monoisotopic (exact) mass is 265 g/mol. The van der Waals surface area contributed by atoms with Crippen LogP contribution in [0.2, 0.25) is 0 Å². The summed E-state index contributed by atoms with van der Waals surface area (Å²) in [5.74, 6) is 0.634. The Hall–Kier alpha value is -1.85. The molecule has 0 spiro atoms. The first kappa shape index (κ1) is 13.6. The summed E-state index contributed by atoms with van der Waals surface area (Å²) < 4.78 is 5.34. The second-order valence-corrected chi connectivity index (χ2v) is 5.00. The average Bonchev–Trinajstić information content (AvgIpc) is 2.40. The van der Waals surface area contributed by atoms with Gasteiger partial charge in [0.15, 0.2) is 0 Å². The molecule has 0 unspecified atom stereocenters. The van der Waals surface area contributed by atoms with Crippen LogP contribution in [0.5, 0.6) is 5.88 Å². The van der Waals surface area contributed by atoms with Gasteiger partial charge in [0.05, 0.1) is 12.0 Å². The quantitative estimate of drug-likeness (QED) is 0.890. The lowest BCUT2D eigenvalue weighted by Crippen LogP contribution is -2.43. The minimum absolute atomic E-state index is 0.555. The van der Waals surface area contributed by atoms with E-state index in [0.717, 1.165) is 5.82 Å². The normalized spacial score (nSPS) is 18.1. The highest BCUT2D eigenvalue weighted by Crippen LogP contribution is 2.32. The van der Waals surface area contributed by atoms with Gasteiger partial charge in [0.25, 0.3) is 0 Å². The molecule has 0 amide bonds. The average molecular weight is 265 g/mol. The summed E-state index contributed by atoms with van der Waals surface area (Å²) in [6.45, 7) is 5.64. The molecule has 1 aliphatic rings. The van der Waals surface area contributed by atoms with Gasteiger partial charge < -0.3 is 14.7 Å².